The van der Waals surface area contributed by atoms with Crippen molar-refractivity contribution in [3.05, 3.63) is 58.1 Å². The number of nitrogen functional groups attached to an aromatic ring is 1. The fourth-order valence-corrected chi connectivity index (χ4v) is 4.03. The van der Waals surface area contributed by atoms with E-state index in [2.05, 4.69) is 5.32 Å². The average Bonchev–Trinajstić information content (AvgIpc) is 2.63. The molecule has 0 spiro atoms. The maximum absolute atomic E-state index is 13.1. The predicted molar refractivity (Wildman–Crippen MR) is 99.4 cm³/mol. The molecule has 4 rings (SSSR count). The van der Waals surface area contributed by atoms with Crippen LogP contribution in [0.2, 0.25) is 0 Å². The molecule has 4 nitrogen and oxygen atoms in total. The maximum Gasteiger partial charge on any atom is 0.196 e. The van der Waals surface area contributed by atoms with Crippen molar-refractivity contribution in [2.75, 3.05) is 11.1 Å². The monoisotopic (exact) mass is 334 g/mol. The zero-order valence-corrected chi connectivity index (χ0v) is 14.4. The fourth-order valence-electron chi connectivity index (χ4n) is 4.03. The molecule has 0 saturated heterocycles. The lowest BCUT2D eigenvalue weighted by Gasteiger charge is -2.28. The first-order valence-electron chi connectivity index (χ1n) is 8.96. The summed E-state index contributed by atoms with van der Waals surface area (Å²) in [5.74, 6) is -0.270. The van der Waals surface area contributed by atoms with Gasteiger partial charge in [-0.3, -0.25) is 9.59 Å². The second-order valence-corrected chi connectivity index (χ2v) is 7.09. The van der Waals surface area contributed by atoms with Gasteiger partial charge in [-0.1, -0.05) is 43.5 Å². The van der Waals surface area contributed by atoms with Gasteiger partial charge < -0.3 is 11.1 Å². The summed E-state index contributed by atoms with van der Waals surface area (Å²) in [6, 6.07) is 9.26. The Bertz CT molecular complexity index is 880. The van der Waals surface area contributed by atoms with Crippen LogP contribution in [0, 0.1) is 6.92 Å². The Morgan fingerprint density at radius 3 is 2.20 bits per heavy atom. The summed E-state index contributed by atoms with van der Waals surface area (Å²) in [6.07, 6.45) is 5.85. The van der Waals surface area contributed by atoms with E-state index in [1.54, 1.807) is 24.3 Å². The molecule has 1 fully saturated rings. The molecular formula is C21H22N2O2. The van der Waals surface area contributed by atoms with Crippen LogP contribution < -0.4 is 11.1 Å². The molecule has 0 atom stereocenters. The summed E-state index contributed by atoms with van der Waals surface area (Å²) >= 11 is 0. The van der Waals surface area contributed by atoms with Crippen molar-refractivity contribution in [2.24, 2.45) is 0 Å². The third-order valence-electron chi connectivity index (χ3n) is 5.41. The third-order valence-corrected chi connectivity index (χ3v) is 5.41. The topological polar surface area (TPSA) is 72.2 Å². The summed E-state index contributed by atoms with van der Waals surface area (Å²) in [5.41, 5.74) is 9.93. The number of hydrogen-bond donors (Lipinski definition) is 2. The summed E-state index contributed by atoms with van der Waals surface area (Å²) in [7, 11) is 0. The van der Waals surface area contributed by atoms with E-state index in [9.17, 15) is 9.59 Å². The molecule has 0 aromatic heterocycles. The number of fused-ring (bicyclic) bond motifs is 2. The van der Waals surface area contributed by atoms with Crippen LogP contribution >= 0.6 is 0 Å². The molecule has 25 heavy (non-hydrogen) atoms. The van der Waals surface area contributed by atoms with E-state index in [0.717, 1.165) is 24.1 Å². The Hall–Kier alpha value is -2.62. The number of carbonyl (C=O) groups excluding carboxylic acids is 2. The molecule has 128 valence electrons. The first kappa shape index (κ1) is 15.9. The standard InChI is InChI=1S/C21H22N2O2/c1-12-11-16(23-13-7-3-2-4-8-13)17-18(19(12)22)21(25)15-10-6-5-9-14(15)20(17)24/h5-6,9-11,13,23H,2-4,7-8,22H2,1H3. The minimum Gasteiger partial charge on any atom is -0.398 e. The number of anilines is 2. The van der Waals surface area contributed by atoms with E-state index < -0.39 is 0 Å². The van der Waals surface area contributed by atoms with Gasteiger partial charge in [0.2, 0.25) is 0 Å². The highest BCUT2D eigenvalue weighted by Gasteiger charge is 2.34. The van der Waals surface area contributed by atoms with Crippen LogP contribution in [0.5, 0.6) is 0 Å². The highest BCUT2D eigenvalue weighted by atomic mass is 16.1. The normalized spacial score (nSPS) is 17.2. The van der Waals surface area contributed by atoms with Crippen molar-refractivity contribution in [1.29, 1.82) is 0 Å². The molecule has 2 aliphatic rings. The number of ketones is 2. The summed E-state index contributed by atoms with van der Waals surface area (Å²) < 4.78 is 0. The number of nitrogens with one attached hydrogen (secondary N) is 1. The number of nitrogens with two attached hydrogens (primary N) is 1. The molecule has 0 aliphatic heterocycles. The van der Waals surface area contributed by atoms with Gasteiger partial charge >= 0.3 is 0 Å². The Kier molecular flexibility index (Phi) is 3.83. The number of benzene rings is 2. The molecule has 2 aromatic carbocycles. The largest absolute Gasteiger partial charge is 0.398 e. The molecule has 1 saturated carbocycles. The number of rotatable bonds is 2. The van der Waals surface area contributed by atoms with Gasteiger partial charge in [0.05, 0.1) is 11.1 Å². The van der Waals surface area contributed by atoms with Crippen molar-refractivity contribution < 1.29 is 9.59 Å². The minimum absolute atomic E-state index is 0.116. The van der Waals surface area contributed by atoms with Crippen LogP contribution in [0.15, 0.2) is 30.3 Å². The molecule has 2 aromatic rings. The quantitative estimate of drug-likeness (QED) is 0.692. The van der Waals surface area contributed by atoms with Gasteiger partial charge in [0.25, 0.3) is 0 Å². The van der Waals surface area contributed by atoms with Gasteiger partial charge in [0.1, 0.15) is 0 Å². The maximum atomic E-state index is 13.1. The molecule has 2 aliphatic carbocycles. The lowest BCUT2D eigenvalue weighted by molar-refractivity contribution is 0.0980. The minimum atomic E-state index is -0.155. The zero-order chi connectivity index (χ0) is 17.6. The summed E-state index contributed by atoms with van der Waals surface area (Å²) in [5, 5.41) is 3.53. The first-order chi connectivity index (χ1) is 12.1. The SMILES string of the molecule is Cc1cc(NC2CCCCC2)c2c(c1N)C(=O)c1ccccc1C2=O. The fraction of sp³-hybridized carbons (Fsp3) is 0.333. The van der Waals surface area contributed by atoms with Crippen molar-refractivity contribution in [2.45, 2.75) is 45.1 Å². The van der Waals surface area contributed by atoms with Crippen molar-refractivity contribution in [1.82, 2.24) is 0 Å². The molecule has 0 unspecified atom stereocenters. The van der Waals surface area contributed by atoms with Gasteiger partial charge in [-0.25, -0.2) is 0 Å². The smallest absolute Gasteiger partial charge is 0.196 e. The van der Waals surface area contributed by atoms with E-state index in [-0.39, 0.29) is 11.6 Å². The molecular weight excluding hydrogens is 312 g/mol. The molecule has 0 bridgehead atoms. The molecule has 0 heterocycles. The second-order valence-electron chi connectivity index (χ2n) is 7.09. The van der Waals surface area contributed by atoms with Crippen LogP contribution in [0.3, 0.4) is 0 Å². The predicted octanol–water partition coefficient (Wildman–Crippen LogP) is 4.10. The van der Waals surface area contributed by atoms with E-state index in [0.29, 0.717) is 34.0 Å². The second kappa shape index (κ2) is 6.03. The highest BCUT2D eigenvalue weighted by Crippen LogP contribution is 2.38. The lowest BCUT2D eigenvalue weighted by atomic mass is 9.81. The van der Waals surface area contributed by atoms with Crippen LogP contribution in [0.1, 0.15) is 69.5 Å². The van der Waals surface area contributed by atoms with Crippen molar-refractivity contribution >= 4 is 22.9 Å². The van der Waals surface area contributed by atoms with Crippen LogP contribution in [0.4, 0.5) is 11.4 Å². The van der Waals surface area contributed by atoms with Crippen molar-refractivity contribution in [3.63, 3.8) is 0 Å². The van der Waals surface area contributed by atoms with Gasteiger partial charge in [0, 0.05) is 28.5 Å². The van der Waals surface area contributed by atoms with Gasteiger partial charge in [0.15, 0.2) is 11.6 Å². The molecule has 3 N–H and O–H groups in total. The Morgan fingerprint density at radius 2 is 1.56 bits per heavy atom. The van der Waals surface area contributed by atoms with Gasteiger partial charge in [-0.05, 0) is 31.4 Å². The molecule has 0 radical (unpaired) electrons. The van der Waals surface area contributed by atoms with Crippen LogP contribution in [-0.4, -0.2) is 17.6 Å². The van der Waals surface area contributed by atoms with Crippen molar-refractivity contribution in [3.8, 4) is 0 Å². The van der Waals surface area contributed by atoms with E-state index >= 15 is 0 Å². The zero-order valence-electron chi connectivity index (χ0n) is 14.4. The lowest BCUT2D eigenvalue weighted by Crippen LogP contribution is -2.28. The van der Waals surface area contributed by atoms with E-state index in [1.807, 2.05) is 13.0 Å². The Balaban J connectivity index is 1.86. The highest BCUT2D eigenvalue weighted by molar-refractivity contribution is 6.32. The van der Waals surface area contributed by atoms with Crippen LogP contribution in [-0.2, 0) is 0 Å². The Labute approximate surface area is 147 Å². The number of hydrogen-bond acceptors (Lipinski definition) is 4. The van der Waals surface area contributed by atoms with Crippen LogP contribution in [0.25, 0.3) is 0 Å². The summed E-state index contributed by atoms with van der Waals surface area (Å²) in [4.78, 5) is 26.1. The third kappa shape index (κ3) is 2.53. The van der Waals surface area contributed by atoms with Gasteiger partial charge in [-0.15, -0.1) is 0 Å². The average molecular weight is 334 g/mol. The molecule has 0 amide bonds. The van der Waals surface area contributed by atoms with E-state index in [1.165, 1.54) is 19.3 Å². The number of carbonyl (C=O) groups is 2. The first-order valence-corrected chi connectivity index (χ1v) is 8.96. The van der Waals surface area contributed by atoms with Gasteiger partial charge in [-0.2, -0.15) is 0 Å². The van der Waals surface area contributed by atoms with E-state index in [4.69, 9.17) is 5.73 Å². The molecule has 4 heteroatoms. The number of aryl methyl sites for hydroxylation is 1. The summed E-state index contributed by atoms with van der Waals surface area (Å²) in [6.45, 7) is 1.89. The Morgan fingerprint density at radius 1 is 0.960 bits per heavy atom.